The molecule has 0 atom stereocenters. The van der Waals surface area contributed by atoms with Gasteiger partial charge in [0.15, 0.2) is 5.69 Å². The van der Waals surface area contributed by atoms with Crippen molar-refractivity contribution in [2.45, 2.75) is 13.0 Å². The standard InChI is InChI=1S/C18H15N5O6/c24-17(25)4-7-22-6-3-16(21-22)18(26)20-12-8-13(23(27)28)10-15(9-12)29-14-2-1-5-19-11-14/h1-3,5-6,8-11H,4,7H2,(H,20,26)(H,24,25). The zero-order valence-electron chi connectivity index (χ0n) is 14.9. The van der Waals surface area contributed by atoms with Crippen LogP contribution in [-0.4, -0.2) is 36.7 Å². The molecular formula is C18H15N5O6. The van der Waals surface area contributed by atoms with Crippen LogP contribution >= 0.6 is 0 Å². The lowest BCUT2D eigenvalue weighted by Gasteiger charge is -2.08. The molecule has 0 fully saturated rings. The fourth-order valence-electron chi connectivity index (χ4n) is 2.38. The van der Waals surface area contributed by atoms with Crippen molar-refractivity contribution in [2.24, 2.45) is 0 Å². The van der Waals surface area contributed by atoms with Crippen LogP contribution in [0.5, 0.6) is 11.5 Å². The number of hydrogen-bond acceptors (Lipinski definition) is 7. The molecule has 0 spiro atoms. The largest absolute Gasteiger partial charge is 0.481 e. The van der Waals surface area contributed by atoms with E-state index in [4.69, 9.17) is 9.84 Å². The number of non-ortho nitro benzene ring substituents is 1. The van der Waals surface area contributed by atoms with Crippen LogP contribution in [0, 0.1) is 10.1 Å². The van der Waals surface area contributed by atoms with E-state index in [0.717, 1.165) is 0 Å². The van der Waals surface area contributed by atoms with Crippen molar-refractivity contribution in [2.75, 3.05) is 5.32 Å². The zero-order chi connectivity index (χ0) is 20.8. The quantitative estimate of drug-likeness (QED) is 0.435. The van der Waals surface area contributed by atoms with E-state index < -0.39 is 16.8 Å². The molecule has 2 aromatic heterocycles. The molecule has 0 aliphatic heterocycles. The predicted molar refractivity (Wildman–Crippen MR) is 99.8 cm³/mol. The van der Waals surface area contributed by atoms with Gasteiger partial charge >= 0.3 is 5.97 Å². The number of aromatic nitrogens is 3. The lowest BCUT2D eigenvalue weighted by atomic mass is 10.2. The Balaban J connectivity index is 1.78. The van der Waals surface area contributed by atoms with Crippen LogP contribution in [0.1, 0.15) is 16.9 Å². The minimum absolute atomic E-state index is 0.0385. The van der Waals surface area contributed by atoms with E-state index in [1.54, 1.807) is 18.3 Å². The van der Waals surface area contributed by atoms with Crippen LogP contribution in [0.4, 0.5) is 11.4 Å². The molecule has 0 saturated carbocycles. The number of carbonyl (C=O) groups excluding carboxylic acids is 1. The molecule has 2 heterocycles. The van der Waals surface area contributed by atoms with Gasteiger partial charge in [-0.2, -0.15) is 5.10 Å². The summed E-state index contributed by atoms with van der Waals surface area (Å²) in [4.78, 5) is 37.5. The maximum Gasteiger partial charge on any atom is 0.305 e. The predicted octanol–water partition coefficient (Wildman–Crippen LogP) is 2.71. The van der Waals surface area contributed by atoms with E-state index in [2.05, 4.69) is 15.4 Å². The summed E-state index contributed by atoms with van der Waals surface area (Å²) in [7, 11) is 0. The van der Waals surface area contributed by atoms with Crippen molar-refractivity contribution < 1.29 is 24.4 Å². The molecule has 1 amide bonds. The number of aryl methyl sites for hydroxylation is 1. The first kappa shape index (κ1) is 19.5. The lowest BCUT2D eigenvalue weighted by Crippen LogP contribution is -2.14. The van der Waals surface area contributed by atoms with Crippen LogP contribution in [0.15, 0.2) is 55.0 Å². The first-order chi connectivity index (χ1) is 13.9. The van der Waals surface area contributed by atoms with Crippen LogP contribution in [0.3, 0.4) is 0 Å². The fourth-order valence-corrected chi connectivity index (χ4v) is 2.38. The number of carboxylic acid groups (broad SMARTS) is 1. The number of nitro benzene ring substituents is 1. The summed E-state index contributed by atoms with van der Waals surface area (Å²) < 4.78 is 6.89. The van der Waals surface area contributed by atoms with Gasteiger partial charge in [-0.15, -0.1) is 0 Å². The summed E-state index contributed by atoms with van der Waals surface area (Å²) in [5.74, 6) is -1.06. The number of benzene rings is 1. The fraction of sp³-hybridized carbons (Fsp3) is 0.111. The Morgan fingerprint density at radius 2 is 2.07 bits per heavy atom. The van der Waals surface area contributed by atoms with Crippen LogP contribution in [0.2, 0.25) is 0 Å². The Kier molecular flexibility index (Phi) is 5.78. The number of carboxylic acids is 1. The Morgan fingerprint density at radius 1 is 1.24 bits per heavy atom. The topological polar surface area (TPSA) is 149 Å². The third-order valence-electron chi connectivity index (χ3n) is 3.66. The number of hydrogen-bond donors (Lipinski definition) is 2. The molecule has 0 aliphatic carbocycles. The smallest absolute Gasteiger partial charge is 0.305 e. The number of rotatable bonds is 8. The Hall–Kier alpha value is -4.28. The van der Waals surface area contributed by atoms with E-state index in [9.17, 15) is 19.7 Å². The SMILES string of the molecule is O=C(O)CCn1ccc(C(=O)Nc2cc(Oc3cccnc3)cc([N+](=O)[O-])c2)n1. The van der Waals surface area contributed by atoms with Gasteiger partial charge in [0.05, 0.1) is 35.8 Å². The normalized spacial score (nSPS) is 10.3. The van der Waals surface area contributed by atoms with E-state index in [0.29, 0.717) is 5.75 Å². The van der Waals surface area contributed by atoms with Crippen molar-refractivity contribution in [1.29, 1.82) is 0 Å². The van der Waals surface area contributed by atoms with Crippen molar-refractivity contribution in [1.82, 2.24) is 14.8 Å². The molecule has 0 bridgehead atoms. The van der Waals surface area contributed by atoms with Gasteiger partial charge in [0, 0.05) is 24.5 Å². The highest BCUT2D eigenvalue weighted by Crippen LogP contribution is 2.29. The van der Waals surface area contributed by atoms with Crippen molar-refractivity contribution in [3.05, 3.63) is 70.8 Å². The second-order valence-corrected chi connectivity index (χ2v) is 5.83. The third kappa shape index (κ3) is 5.35. The van der Waals surface area contributed by atoms with E-state index >= 15 is 0 Å². The highest BCUT2D eigenvalue weighted by atomic mass is 16.6. The van der Waals surface area contributed by atoms with Crippen LogP contribution < -0.4 is 10.1 Å². The van der Waals surface area contributed by atoms with E-state index in [-0.39, 0.29) is 35.8 Å². The maximum absolute atomic E-state index is 12.4. The first-order valence-electron chi connectivity index (χ1n) is 8.34. The summed E-state index contributed by atoms with van der Waals surface area (Å²) in [6.07, 6.45) is 4.34. The Morgan fingerprint density at radius 3 is 2.76 bits per heavy atom. The summed E-state index contributed by atoms with van der Waals surface area (Å²) in [5, 5.41) is 26.4. The monoisotopic (exact) mass is 397 g/mol. The second-order valence-electron chi connectivity index (χ2n) is 5.83. The van der Waals surface area contributed by atoms with Gasteiger partial charge in [0.1, 0.15) is 11.5 Å². The molecular weight excluding hydrogens is 382 g/mol. The molecule has 148 valence electrons. The molecule has 1 aromatic carbocycles. The molecule has 0 saturated heterocycles. The number of amides is 1. The van der Waals surface area contributed by atoms with Gasteiger partial charge in [0.25, 0.3) is 11.6 Å². The minimum atomic E-state index is -0.982. The van der Waals surface area contributed by atoms with Gasteiger partial charge in [-0.3, -0.25) is 29.4 Å². The molecule has 11 nitrogen and oxygen atoms in total. The molecule has 3 aromatic rings. The summed E-state index contributed by atoms with van der Waals surface area (Å²) in [6.45, 7) is 0.114. The summed E-state index contributed by atoms with van der Waals surface area (Å²) in [5.41, 5.74) is -0.0894. The summed E-state index contributed by atoms with van der Waals surface area (Å²) >= 11 is 0. The van der Waals surface area contributed by atoms with Crippen molar-refractivity contribution in [3.8, 4) is 11.5 Å². The van der Waals surface area contributed by atoms with Gasteiger partial charge in [-0.25, -0.2) is 0 Å². The third-order valence-corrected chi connectivity index (χ3v) is 3.66. The number of ether oxygens (including phenoxy) is 1. The molecule has 11 heteroatoms. The van der Waals surface area contributed by atoms with E-state index in [1.165, 1.54) is 41.3 Å². The number of nitro groups is 1. The van der Waals surface area contributed by atoms with Crippen LogP contribution in [0.25, 0.3) is 0 Å². The van der Waals surface area contributed by atoms with Crippen LogP contribution in [-0.2, 0) is 11.3 Å². The summed E-state index contributed by atoms with van der Waals surface area (Å²) in [6, 6.07) is 8.55. The molecule has 3 rings (SSSR count). The highest BCUT2D eigenvalue weighted by molar-refractivity contribution is 6.03. The van der Waals surface area contributed by atoms with Gasteiger partial charge in [-0.05, 0) is 18.2 Å². The van der Waals surface area contributed by atoms with E-state index in [1.807, 2.05) is 0 Å². The average Bonchev–Trinajstić information content (AvgIpc) is 3.16. The molecule has 29 heavy (non-hydrogen) atoms. The number of aliphatic carboxylic acids is 1. The molecule has 0 unspecified atom stereocenters. The van der Waals surface area contributed by atoms with Crippen molar-refractivity contribution in [3.63, 3.8) is 0 Å². The minimum Gasteiger partial charge on any atom is -0.481 e. The highest BCUT2D eigenvalue weighted by Gasteiger charge is 2.15. The molecule has 0 aliphatic rings. The molecule has 2 N–H and O–H groups in total. The number of nitrogens with one attached hydrogen (secondary N) is 1. The lowest BCUT2D eigenvalue weighted by molar-refractivity contribution is -0.384. The molecule has 0 radical (unpaired) electrons. The number of carbonyl (C=O) groups is 2. The Labute approximate surface area is 163 Å². The maximum atomic E-state index is 12.4. The van der Waals surface area contributed by atoms with Gasteiger partial charge < -0.3 is 15.2 Å². The first-order valence-corrected chi connectivity index (χ1v) is 8.34. The number of anilines is 1. The van der Waals surface area contributed by atoms with Gasteiger partial charge in [-0.1, -0.05) is 0 Å². The average molecular weight is 397 g/mol. The zero-order valence-corrected chi connectivity index (χ0v) is 14.9. The van der Waals surface area contributed by atoms with Gasteiger partial charge in [0.2, 0.25) is 0 Å². The number of pyridine rings is 1. The number of nitrogens with zero attached hydrogens (tertiary/aromatic N) is 4. The Bertz CT molecular complexity index is 1050. The van der Waals surface area contributed by atoms with Crippen molar-refractivity contribution >= 4 is 23.3 Å². The second kappa shape index (κ2) is 8.61.